The van der Waals surface area contributed by atoms with Crippen molar-refractivity contribution in [3.63, 3.8) is 0 Å². The van der Waals surface area contributed by atoms with Gasteiger partial charge in [-0.15, -0.1) is 0 Å². The van der Waals surface area contributed by atoms with Crippen molar-refractivity contribution >= 4 is 28.9 Å². The zero-order valence-corrected chi connectivity index (χ0v) is 24.4. The molecule has 1 unspecified atom stereocenters. The smallest absolute Gasteiger partial charge is 0.251 e. The first-order valence-electron chi connectivity index (χ1n) is 14.7. The number of aromatic hydroxyl groups is 1. The van der Waals surface area contributed by atoms with Crippen LogP contribution in [0, 0.1) is 0 Å². The van der Waals surface area contributed by atoms with E-state index in [-0.39, 0.29) is 23.7 Å². The van der Waals surface area contributed by atoms with Crippen LogP contribution in [0.4, 0.5) is 11.4 Å². The van der Waals surface area contributed by atoms with Crippen molar-refractivity contribution in [2.24, 2.45) is 0 Å². The predicted octanol–water partition coefficient (Wildman–Crippen LogP) is 6.48. The molecule has 0 bridgehead atoms. The molecule has 0 radical (unpaired) electrons. The first kappa shape index (κ1) is 28.3. The van der Waals surface area contributed by atoms with E-state index in [2.05, 4.69) is 64.2 Å². The maximum Gasteiger partial charge on any atom is 0.251 e. The lowest BCUT2D eigenvalue weighted by molar-refractivity contribution is 0.0937. The molecule has 40 heavy (non-hydrogen) atoms. The first-order chi connectivity index (χ1) is 19.5. The standard InChI is InChI=1S/C33H41ClN4O2/c1-3-36(4-2)29-16-17-30(31(39)23-29)32(38-20-18-37(19-21-38)28-14-12-26(34)13-15-28)24-8-7-9-25(22-24)33(40)35-27-10-5-6-11-27/h7-9,12-17,22-23,27,32,39H,3-6,10-11,18-21H2,1-2H3,(H,35,40). The number of benzene rings is 3. The van der Waals surface area contributed by atoms with Gasteiger partial charge in [-0.1, -0.05) is 42.6 Å². The molecule has 3 aromatic carbocycles. The molecular formula is C33H41ClN4O2. The van der Waals surface area contributed by atoms with Gasteiger partial charge in [-0.2, -0.15) is 0 Å². The summed E-state index contributed by atoms with van der Waals surface area (Å²) in [6.07, 6.45) is 4.47. The van der Waals surface area contributed by atoms with E-state index in [4.69, 9.17) is 11.6 Å². The molecular weight excluding hydrogens is 520 g/mol. The van der Waals surface area contributed by atoms with Crippen LogP contribution in [0.3, 0.4) is 0 Å². The number of anilines is 2. The zero-order valence-electron chi connectivity index (χ0n) is 23.7. The molecule has 1 saturated carbocycles. The van der Waals surface area contributed by atoms with Crippen molar-refractivity contribution in [1.82, 2.24) is 10.2 Å². The minimum Gasteiger partial charge on any atom is -0.508 e. The number of carbonyl (C=O) groups excluding carboxylic acids is 1. The molecule has 3 aromatic rings. The molecule has 2 fully saturated rings. The monoisotopic (exact) mass is 560 g/mol. The van der Waals surface area contributed by atoms with Crippen LogP contribution >= 0.6 is 11.6 Å². The van der Waals surface area contributed by atoms with Crippen LogP contribution in [0.25, 0.3) is 0 Å². The maximum absolute atomic E-state index is 13.2. The third-order valence-corrected chi connectivity index (χ3v) is 8.72. The van der Waals surface area contributed by atoms with Gasteiger partial charge in [-0.25, -0.2) is 0 Å². The summed E-state index contributed by atoms with van der Waals surface area (Å²) >= 11 is 6.12. The molecule has 1 aliphatic heterocycles. The van der Waals surface area contributed by atoms with Crippen molar-refractivity contribution in [1.29, 1.82) is 0 Å². The zero-order chi connectivity index (χ0) is 28.1. The summed E-state index contributed by atoms with van der Waals surface area (Å²) in [5, 5.41) is 15.3. The van der Waals surface area contributed by atoms with E-state index in [9.17, 15) is 9.90 Å². The number of hydrogen-bond donors (Lipinski definition) is 2. The first-order valence-corrected chi connectivity index (χ1v) is 15.1. The minimum atomic E-state index is -0.169. The van der Waals surface area contributed by atoms with E-state index in [0.717, 1.165) is 79.6 Å². The van der Waals surface area contributed by atoms with Crippen LogP contribution in [0.2, 0.25) is 5.02 Å². The summed E-state index contributed by atoms with van der Waals surface area (Å²) in [7, 11) is 0. The molecule has 1 atom stereocenters. The second kappa shape index (κ2) is 13.0. The van der Waals surface area contributed by atoms with Crippen LogP contribution in [-0.4, -0.2) is 61.2 Å². The molecule has 1 heterocycles. The molecule has 7 heteroatoms. The maximum atomic E-state index is 13.2. The van der Waals surface area contributed by atoms with E-state index in [1.807, 2.05) is 36.4 Å². The normalized spacial score (nSPS) is 17.1. The number of phenols is 1. The van der Waals surface area contributed by atoms with E-state index in [1.165, 1.54) is 12.8 Å². The fourth-order valence-corrected chi connectivity index (χ4v) is 6.34. The van der Waals surface area contributed by atoms with Gasteiger partial charge in [0.05, 0.1) is 6.04 Å². The Hall–Kier alpha value is -3.22. The number of nitrogens with one attached hydrogen (secondary N) is 1. The van der Waals surface area contributed by atoms with Crippen LogP contribution in [0.1, 0.15) is 67.1 Å². The lowest BCUT2D eigenvalue weighted by atomic mass is 9.93. The summed E-state index contributed by atoms with van der Waals surface area (Å²) in [5.74, 6) is 0.275. The Bertz CT molecular complexity index is 1280. The fourth-order valence-electron chi connectivity index (χ4n) is 6.21. The number of carbonyl (C=O) groups is 1. The van der Waals surface area contributed by atoms with Crippen molar-refractivity contribution in [2.45, 2.75) is 51.6 Å². The second-order valence-corrected chi connectivity index (χ2v) is 11.3. The molecule has 6 nitrogen and oxygen atoms in total. The molecule has 5 rings (SSSR count). The summed E-state index contributed by atoms with van der Waals surface area (Å²) in [4.78, 5) is 20.2. The Labute approximate surface area is 243 Å². The van der Waals surface area contributed by atoms with Crippen molar-refractivity contribution in [3.05, 3.63) is 88.4 Å². The van der Waals surface area contributed by atoms with Gasteiger partial charge >= 0.3 is 0 Å². The molecule has 0 spiro atoms. The summed E-state index contributed by atoms with van der Waals surface area (Å²) in [6.45, 7) is 9.37. The Morgan fingerprint density at radius 2 is 1.68 bits per heavy atom. The van der Waals surface area contributed by atoms with Gasteiger partial charge in [0.1, 0.15) is 5.75 Å². The SMILES string of the molecule is CCN(CC)c1ccc(C(c2cccc(C(=O)NC3CCCC3)c2)N2CCN(c3ccc(Cl)cc3)CC2)c(O)c1. The Kier molecular flexibility index (Phi) is 9.18. The van der Waals surface area contributed by atoms with Crippen molar-refractivity contribution in [2.75, 3.05) is 49.1 Å². The van der Waals surface area contributed by atoms with Gasteiger partial charge in [0.25, 0.3) is 5.91 Å². The number of hydrogen-bond acceptors (Lipinski definition) is 5. The van der Waals surface area contributed by atoms with Crippen LogP contribution in [-0.2, 0) is 0 Å². The molecule has 2 N–H and O–H groups in total. The number of halogens is 1. The van der Waals surface area contributed by atoms with Gasteiger partial charge in [-0.05, 0) is 74.7 Å². The predicted molar refractivity (Wildman–Crippen MR) is 165 cm³/mol. The van der Waals surface area contributed by atoms with Gasteiger partial charge in [0, 0.05) is 78.9 Å². The molecule has 1 amide bonds. The van der Waals surface area contributed by atoms with Gasteiger partial charge in [0.15, 0.2) is 0 Å². The Balaban J connectivity index is 1.44. The second-order valence-electron chi connectivity index (χ2n) is 10.9. The average Bonchev–Trinajstić information content (AvgIpc) is 3.49. The van der Waals surface area contributed by atoms with Crippen LogP contribution < -0.4 is 15.1 Å². The molecule has 0 aromatic heterocycles. The topological polar surface area (TPSA) is 59.1 Å². The molecule has 1 saturated heterocycles. The van der Waals surface area contributed by atoms with Crippen LogP contribution in [0.5, 0.6) is 5.75 Å². The summed E-state index contributed by atoms with van der Waals surface area (Å²) in [5.41, 5.74) is 4.74. The largest absolute Gasteiger partial charge is 0.508 e. The average molecular weight is 561 g/mol. The minimum absolute atomic E-state index is 0.0128. The summed E-state index contributed by atoms with van der Waals surface area (Å²) < 4.78 is 0. The lowest BCUT2D eigenvalue weighted by Crippen LogP contribution is -2.48. The fraction of sp³-hybridized carbons (Fsp3) is 0.424. The Morgan fingerprint density at radius 1 is 0.975 bits per heavy atom. The Morgan fingerprint density at radius 3 is 2.33 bits per heavy atom. The molecule has 212 valence electrons. The number of phenolic OH excluding ortho intramolecular Hbond substituents is 1. The third kappa shape index (κ3) is 6.39. The summed E-state index contributed by atoms with van der Waals surface area (Å²) in [6, 6.07) is 22.1. The van der Waals surface area contributed by atoms with Gasteiger partial charge in [-0.3, -0.25) is 9.69 Å². The number of amides is 1. The van der Waals surface area contributed by atoms with Crippen molar-refractivity contribution in [3.8, 4) is 5.75 Å². The number of rotatable bonds is 9. The van der Waals surface area contributed by atoms with Gasteiger partial charge < -0.3 is 20.2 Å². The molecule has 2 aliphatic rings. The van der Waals surface area contributed by atoms with E-state index in [0.29, 0.717) is 5.56 Å². The van der Waals surface area contributed by atoms with E-state index >= 15 is 0 Å². The van der Waals surface area contributed by atoms with E-state index in [1.54, 1.807) is 0 Å². The lowest BCUT2D eigenvalue weighted by Gasteiger charge is -2.41. The van der Waals surface area contributed by atoms with Crippen LogP contribution in [0.15, 0.2) is 66.7 Å². The van der Waals surface area contributed by atoms with Crippen molar-refractivity contribution < 1.29 is 9.90 Å². The highest BCUT2D eigenvalue weighted by Gasteiger charge is 2.29. The highest BCUT2D eigenvalue weighted by Crippen LogP contribution is 2.38. The highest BCUT2D eigenvalue weighted by atomic mass is 35.5. The van der Waals surface area contributed by atoms with E-state index < -0.39 is 0 Å². The quantitative estimate of drug-likeness (QED) is 0.314. The third-order valence-electron chi connectivity index (χ3n) is 8.46. The number of nitrogens with zero attached hydrogens (tertiary/aromatic N) is 3. The highest BCUT2D eigenvalue weighted by molar-refractivity contribution is 6.30. The molecule has 1 aliphatic carbocycles. The number of piperazine rings is 1. The van der Waals surface area contributed by atoms with Gasteiger partial charge in [0.2, 0.25) is 0 Å².